The minimum atomic E-state index is 0.694. The van der Waals surface area contributed by atoms with Crippen LogP contribution in [0.15, 0.2) is 400 Å². The Morgan fingerprint density at radius 3 is 0.909 bits per heavy atom. The SMILES string of the molecule is c1ccc(-c2ccc(-c3cc(-c4ccccc4)nc(-c4ccc(-n5c6c7ccccc7ccc6c6c7ccccc7c7ccccc7c65)cc4)n3)cc2)cc1.c1ccc(-c2ccc(-c3cc(-c4ccccc4)nc(-c4ccc(-n5c6cc7ccccc7cc6c6c7ccccc7c7ccccc7c65)cc4)n3)cc2)cc1. The minimum Gasteiger partial charge on any atom is -0.309 e. The first-order valence-corrected chi connectivity index (χ1v) is 37.5. The smallest absolute Gasteiger partial charge is 0.160 e. The molecule has 0 atom stereocenters. The van der Waals surface area contributed by atoms with Crippen LogP contribution in [0.1, 0.15) is 0 Å². The molecule has 0 saturated heterocycles. The Balaban J connectivity index is 0.000000140. The number of hydrogen-bond donors (Lipinski definition) is 0. The topological polar surface area (TPSA) is 61.4 Å². The third-order valence-electron chi connectivity index (χ3n) is 22.0. The standard InChI is InChI=1S/2C52H33N3/c1-3-13-34(14-4-1)35-23-25-38(26-24-35)48-33-47(37-16-5-2-6-17-37)53-52(54-48)39-27-30-40(31-28-39)55-50-41-18-8-7-15-36(41)29-32-46(50)49-44-21-11-9-19-42(44)43-20-10-12-22-45(43)51(49)55;1-3-13-34(14-4-1)35-23-25-37(26-24-35)48-33-47(36-15-5-2-6-16-36)53-52(54-48)38-27-29-41(30-28-38)55-49-32-40-18-8-7-17-39(40)31-46(49)50-44-21-11-9-19-42(44)43-20-10-12-22-45(43)51(50)55/h2*1-33H. The lowest BCUT2D eigenvalue weighted by Gasteiger charge is -2.14. The predicted molar refractivity (Wildman–Crippen MR) is 461 cm³/mol. The third kappa shape index (κ3) is 11.0. The maximum absolute atomic E-state index is 5.19. The van der Waals surface area contributed by atoms with Crippen molar-refractivity contribution in [2.45, 2.75) is 0 Å². The quantitative estimate of drug-likeness (QED) is 0.128. The molecule has 18 aromatic carbocycles. The Morgan fingerprint density at radius 2 is 0.464 bits per heavy atom. The van der Waals surface area contributed by atoms with Crippen LogP contribution < -0.4 is 0 Å². The molecule has 512 valence electrons. The first kappa shape index (κ1) is 63.7. The molecule has 0 unspecified atom stereocenters. The molecule has 0 bridgehead atoms. The maximum atomic E-state index is 5.19. The van der Waals surface area contributed by atoms with Crippen LogP contribution in [0.2, 0.25) is 0 Å². The summed E-state index contributed by atoms with van der Waals surface area (Å²) in [5.74, 6) is 1.39. The zero-order chi connectivity index (χ0) is 72.6. The summed E-state index contributed by atoms with van der Waals surface area (Å²) in [6, 6.07) is 143. The molecule has 110 heavy (non-hydrogen) atoms. The molecule has 0 fully saturated rings. The van der Waals surface area contributed by atoms with Crippen LogP contribution in [0, 0.1) is 0 Å². The highest BCUT2D eigenvalue weighted by atomic mass is 15.0. The van der Waals surface area contributed by atoms with E-state index in [0.717, 1.165) is 67.5 Å². The van der Waals surface area contributed by atoms with Gasteiger partial charge >= 0.3 is 0 Å². The van der Waals surface area contributed by atoms with Gasteiger partial charge in [-0.05, 0) is 144 Å². The highest BCUT2D eigenvalue weighted by molar-refractivity contribution is 6.35. The van der Waals surface area contributed by atoms with Gasteiger partial charge in [-0.3, -0.25) is 0 Å². The first-order chi connectivity index (χ1) is 54.5. The van der Waals surface area contributed by atoms with Crippen molar-refractivity contribution in [2.24, 2.45) is 0 Å². The Labute approximate surface area is 635 Å². The number of benzene rings is 18. The van der Waals surface area contributed by atoms with Gasteiger partial charge in [0.05, 0.1) is 44.8 Å². The summed E-state index contributed by atoms with van der Waals surface area (Å²) in [6.45, 7) is 0. The van der Waals surface area contributed by atoms with Gasteiger partial charge in [-0.1, -0.05) is 328 Å². The monoisotopic (exact) mass is 1400 g/mol. The average molecular weight is 1400 g/mol. The molecule has 0 spiro atoms. The van der Waals surface area contributed by atoms with Crippen molar-refractivity contribution in [3.63, 3.8) is 0 Å². The highest BCUT2D eigenvalue weighted by Gasteiger charge is 2.24. The predicted octanol–water partition coefficient (Wildman–Crippen LogP) is 27.4. The van der Waals surface area contributed by atoms with Gasteiger partial charge < -0.3 is 9.13 Å². The Kier molecular flexibility index (Phi) is 15.5. The van der Waals surface area contributed by atoms with Crippen molar-refractivity contribution in [3.05, 3.63) is 400 Å². The van der Waals surface area contributed by atoms with Crippen LogP contribution in [-0.4, -0.2) is 29.1 Å². The van der Waals surface area contributed by atoms with E-state index in [1.54, 1.807) is 0 Å². The van der Waals surface area contributed by atoms with E-state index in [1.165, 1.54) is 131 Å². The van der Waals surface area contributed by atoms with Gasteiger partial charge in [0.15, 0.2) is 11.6 Å². The van der Waals surface area contributed by atoms with Gasteiger partial charge in [-0.15, -0.1) is 0 Å². The van der Waals surface area contributed by atoms with Crippen LogP contribution in [0.3, 0.4) is 0 Å². The van der Waals surface area contributed by atoms with E-state index >= 15 is 0 Å². The molecule has 22 rings (SSSR count). The lowest BCUT2D eigenvalue weighted by atomic mass is 9.96. The second-order valence-electron chi connectivity index (χ2n) is 28.3. The number of rotatable bonds is 10. The molecule has 0 N–H and O–H groups in total. The van der Waals surface area contributed by atoms with Crippen LogP contribution in [0.25, 0.3) is 210 Å². The van der Waals surface area contributed by atoms with E-state index in [-0.39, 0.29) is 0 Å². The Bertz CT molecular complexity index is 7270. The largest absolute Gasteiger partial charge is 0.309 e. The summed E-state index contributed by atoms with van der Waals surface area (Å²) in [6.07, 6.45) is 0. The van der Waals surface area contributed by atoms with Gasteiger partial charge in [0.1, 0.15) is 0 Å². The van der Waals surface area contributed by atoms with Crippen molar-refractivity contribution in [1.29, 1.82) is 0 Å². The molecule has 4 aromatic heterocycles. The Hall–Kier alpha value is -14.7. The number of aromatic nitrogens is 6. The van der Waals surface area contributed by atoms with Crippen molar-refractivity contribution >= 4 is 108 Å². The van der Waals surface area contributed by atoms with Crippen LogP contribution >= 0.6 is 0 Å². The van der Waals surface area contributed by atoms with Crippen molar-refractivity contribution < 1.29 is 0 Å². The van der Waals surface area contributed by atoms with E-state index in [0.29, 0.717) is 11.6 Å². The fourth-order valence-electron chi connectivity index (χ4n) is 16.7. The molecule has 0 aliphatic rings. The van der Waals surface area contributed by atoms with Crippen molar-refractivity contribution in [3.8, 4) is 101 Å². The van der Waals surface area contributed by atoms with Gasteiger partial charge in [0.2, 0.25) is 0 Å². The molecule has 0 radical (unpaired) electrons. The molecule has 0 amide bonds. The second-order valence-corrected chi connectivity index (χ2v) is 28.3. The summed E-state index contributed by atoms with van der Waals surface area (Å²) in [5, 5.41) is 20.0. The van der Waals surface area contributed by atoms with Gasteiger partial charge in [0, 0.05) is 82.5 Å². The summed E-state index contributed by atoms with van der Waals surface area (Å²) in [4.78, 5) is 20.7. The van der Waals surface area contributed by atoms with Crippen LogP contribution in [0.4, 0.5) is 0 Å². The van der Waals surface area contributed by atoms with E-state index in [1.807, 2.05) is 24.3 Å². The lowest BCUT2D eigenvalue weighted by Crippen LogP contribution is -1.98. The molecule has 0 saturated carbocycles. The molecular formula is C104H66N6. The summed E-state index contributed by atoms with van der Waals surface area (Å²) in [7, 11) is 0. The van der Waals surface area contributed by atoms with E-state index in [9.17, 15) is 0 Å². The molecule has 4 heterocycles. The number of fused-ring (bicyclic) bond motifs is 19. The van der Waals surface area contributed by atoms with Gasteiger partial charge in [0.25, 0.3) is 0 Å². The van der Waals surface area contributed by atoms with Crippen molar-refractivity contribution in [1.82, 2.24) is 29.1 Å². The second kappa shape index (κ2) is 26.7. The molecule has 0 aliphatic heterocycles. The van der Waals surface area contributed by atoms with E-state index in [4.69, 9.17) is 19.9 Å². The Morgan fingerprint density at radius 1 is 0.164 bits per heavy atom. The van der Waals surface area contributed by atoms with Gasteiger partial charge in [-0.2, -0.15) is 0 Å². The molecular weight excluding hydrogens is 1330 g/mol. The normalized spacial score (nSPS) is 11.6. The molecule has 6 heteroatoms. The third-order valence-corrected chi connectivity index (χ3v) is 22.0. The zero-order valence-electron chi connectivity index (χ0n) is 59.8. The fraction of sp³-hybridized carbons (Fsp3) is 0. The van der Waals surface area contributed by atoms with Gasteiger partial charge in [-0.25, -0.2) is 19.9 Å². The summed E-state index contributed by atoms with van der Waals surface area (Å²) >= 11 is 0. The highest BCUT2D eigenvalue weighted by Crippen LogP contribution is 2.47. The first-order valence-electron chi connectivity index (χ1n) is 37.5. The summed E-state index contributed by atoms with van der Waals surface area (Å²) < 4.78 is 4.93. The summed E-state index contributed by atoms with van der Waals surface area (Å²) in [5.41, 5.74) is 21.5. The molecule has 6 nitrogen and oxygen atoms in total. The number of hydrogen-bond acceptors (Lipinski definition) is 4. The molecule has 0 aliphatic carbocycles. The molecule has 22 aromatic rings. The zero-order valence-corrected chi connectivity index (χ0v) is 59.8. The van der Waals surface area contributed by atoms with Crippen LogP contribution in [0.5, 0.6) is 0 Å². The fourth-order valence-corrected chi connectivity index (χ4v) is 16.7. The maximum Gasteiger partial charge on any atom is 0.160 e. The van der Waals surface area contributed by atoms with E-state index < -0.39 is 0 Å². The van der Waals surface area contributed by atoms with Crippen LogP contribution in [-0.2, 0) is 0 Å². The lowest BCUT2D eigenvalue weighted by molar-refractivity contribution is 1.17. The van der Waals surface area contributed by atoms with E-state index in [2.05, 4.69) is 385 Å². The number of nitrogens with zero attached hydrogens (tertiary/aromatic N) is 6. The average Bonchev–Trinajstić information content (AvgIpc) is 1.55. The van der Waals surface area contributed by atoms with Crippen molar-refractivity contribution in [2.75, 3.05) is 0 Å². The minimum absolute atomic E-state index is 0.694.